The zero-order valence-corrected chi connectivity index (χ0v) is 18.8. The summed E-state index contributed by atoms with van der Waals surface area (Å²) in [4.78, 5) is 17.1. The fraction of sp³-hybridized carbons (Fsp3) is 0.480. The van der Waals surface area contributed by atoms with Crippen molar-refractivity contribution >= 4 is 6.03 Å². The predicted molar refractivity (Wildman–Crippen MR) is 121 cm³/mol. The van der Waals surface area contributed by atoms with E-state index in [1.54, 1.807) is 12.1 Å². The van der Waals surface area contributed by atoms with E-state index < -0.39 is 0 Å². The molecule has 2 aromatic rings. The van der Waals surface area contributed by atoms with Gasteiger partial charge in [-0.2, -0.15) is 0 Å². The maximum atomic E-state index is 13.3. The number of nitrogens with zero attached hydrogens (tertiary/aromatic N) is 2. The van der Waals surface area contributed by atoms with Gasteiger partial charge in [0.1, 0.15) is 11.6 Å². The molecule has 2 aromatic carbocycles. The lowest BCUT2D eigenvalue weighted by atomic mass is 10.1. The summed E-state index contributed by atoms with van der Waals surface area (Å²) in [6, 6.07) is 14.1. The van der Waals surface area contributed by atoms with Gasteiger partial charge in [0.2, 0.25) is 0 Å². The second kappa shape index (κ2) is 11.1. The molecule has 1 unspecified atom stereocenters. The Morgan fingerprint density at radius 1 is 1.16 bits per heavy atom. The molecule has 0 radical (unpaired) electrons. The van der Waals surface area contributed by atoms with Crippen molar-refractivity contribution < 1.29 is 13.9 Å². The highest BCUT2D eigenvalue weighted by Gasteiger charge is 2.24. The van der Waals surface area contributed by atoms with Crippen LogP contribution >= 0.6 is 0 Å². The van der Waals surface area contributed by atoms with Gasteiger partial charge in [-0.1, -0.05) is 38.1 Å². The number of carbonyl (C=O) groups is 1. The van der Waals surface area contributed by atoms with Gasteiger partial charge in [-0.05, 0) is 67.2 Å². The van der Waals surface area contributed by atoms with E-state index >= 15 is 0 Å². The summed E-state index contributed by atoms with van der Waals surface area (Å²) in [5.74, 6) is 1.50. The molecule has 2 amide bonds. The summed E-state index contributed by atoms with van der Waals surface area (Å²) in [6.45, 7) is 8.58. The summed E-state index contributed by atoms with van der Waals surface area (Å²) in [5.41, 5.74) is 1.95. The van der Waals surface area contributed by atoms with E-state index in [-0.39, 0.29) is 11.8 Å². The van der Waals surface area contributed by atoms with Crippen LogP contribution in [-0.2, 0) is 13.1 Å². The lowest BCUT2D eigenvalue weighted by molar-refractivity contribution is 0.184. The van der Waals surface area contributed by atoms with Crippen molar-refractivity contribution in [3.05, 3.63) is 65.5 Å². The van der Waals surface area contributed by atoms with Crippen molar-refractivity contribution in [1.82, 2.24) is 15.1 Å². The number of urea groups is 1. The van der Waals surface area contributed by atoms with Gasteiger partial charge in [-0.25, -0.2) is 9.18 Å². The molecule has 1 heterocycles. The van der Waals surface area contributed by atoms with Crippen molar-refractivity contribution in [2.75, 3.05) is 33.3 Å². The Hall–Kier alpha value is -2.60. The van der Waals surface area contributed by atoms with Crippen molar-refractivity contribution in [2.45, 2.75) is 33.4 Å². The topological polar surface area (TPSA) is 44.8 Å². The average Bonchev–Trinajstić information content (AvgIpc) is 3.17. The molecular weight excluding hydrogens is 393 g/mol. The standard InChI is InChI=1S/C25H34FN3O2/c1-19(2)18-31-24-10-6-20(7-11-24)14-27-25(30)29(17-22-12-13-28(3)15-22)16-21-4-8-23(26)9-5-21/h4-11,19,22H,12-18H2,1-3H3,(H,27,30). The summed E-state index contributed by atoms with van der Waals surface area (Å²) >= 11 is 0. The van der Waals surface area contributed by atoms with Gasteiger partial charge in [0.25, 0.3) is 0 Å². The highest BCUT2D eigenvalue weighted by atomic mass is 19.1. The number of amides is 2. The molecule has 1 atom stereocenters. The SMILES string of the molecule is CC(C)COc1ccc(CNC(=O)N(Cc2ccc(F)cc2)CC2CCN(C)C2)cc1. The maximum absolute atomic E-state index is 13.3. The zero-order valence-electron chi connectivity index (χ0n) is 18.8. The molecule has 6 heteroatoms. The van der Waals surface area contributed by atoms with E-state index in [1.807, 2.05) is 29.2 Å². The number of benzene rings is 2. The third-order valence-corrected chi connectivity index (χ3v) is 5.49. The third kappa shape index (κ3) is 7.55. The number of ether oxygens (including phenoxy) is 1. The Bertz CT molecular complexity index is 824. The molecule has 0 aromatic heterocycles. The second-order valence-corrected chi connectivity index (χ2v) is 8.93. The van der Waals surface area contributed by atoms with E-state index in [0.29, 0.717) is 38.1 Å². The number of hydrogen-bond donors (Lipinski definition) is 1. The van der Waals surface area contributed by atoms with Gasteiger partial charge in [0.15, 0.2) is 0 Å². The van der Waals surface area contributed by atoms with Gasteiger partial charge < -0.3 is 19.9 Å². The fourth-order valence-corrected chi connectivity index (χ4v) is 3.77. The minimum absolute atomic E-state index is 0.0981. The molecule has 1 aliphatic heterocycles. The van der Waals surface area contributed by atoms with Crippen molar-refractivity contribution in [3.63, 3.8) is 0 Å². The number of carbonyl (C=O) groups excluding carboxylic acids is 1. The Morgan fingerprint density at radius 2 is 1.84 bits per heavy atom. The highest BCUT2D eigenvalue weighted by molar-refractivity contribution is 5.74. The molecule has 1 fully saturated rings. The number of nitrogens with one attached hydrogen (secondary N) is 1. The average molecular weight is 428 g/mol. The summed E-state index contributed by atoms with van der Waals surface area (Å²) in [5, 5.41) is 3.04. The summed E-state index contributed by atoms with van der Waals surface area (Å²) in [7, 11) is 2.11. The van der Waals surface area contributed by atoms with Crippen LogP contribution in [0, 0.1) is 17.7 Å². The monoisotopic (exact) mass is 427 g/mol. The van der Waals surface area contributed by atoms with E-state index in [4.69, 9.17) is 4.74 Å². The van der Waals surface area contributed by atoms with Crippen molar-refractivity contribution in [3.8, 4) is 5.75 Å². The normalized spacial score (nSPS) is 16.5. The van der Waals surface area contributed by atoms with Crippen LogP contribution in [0.5, 0.6) is 5.75 Å². The molecule has 168 valence electrons. The van der Waals surface area contributed by atoms with Crippen molar-refractivity contribution in [1.29, 1.82) is 0 Å². The van der Waals surface area contributed by atoms with E-state index in [1.165, 1.54) is 12.1 Å². The second-order valence-electron chi connectivity index (χ2n) is 8.93. The van der Waals surface area contributed by atoms with Crippen LogP contribution in [-0.4, -0.2) is 49.1 Å². The van der Waals surface area contributed by atoms with Crippen LogP contribution in [0.15, 0.2) is 48.5 Å². The number of halogens is 1. The van der Waals surface area contributed by atoms with Gasteiger partial charge >= 0.3 is 6.03 Å². The first kappa shape index (κ1) is 23.1. The lowest BCUT2D eigenvalue weighted by Gasteiger charge is -2.26. The Morgan fingerprint density at radius 3 is 2.45 bits per heavy atom. The highest BCUT2D eigenvalue weighted by Crippen LogP contribution is 2.18. The minimum atomic E-state index is -0.266. The van der Waals surface area contributed by atoms with Gasteiger partial charge in [-0.3, -0.25) is 0 Å². The first-order chi connectivity index (χ1) is 14.9. The smallest absolute Gasteiger partial charge is 0.317 e. The molecule has 0 spiro atoms. The quantitative estimate of drug-likeness (QED) is 0.640. The number of rotatable bonds is 9. The zero-order chi connectivity index (χ0) is 22.2. The van der Waals surface area contributed by atoms with Gasteiger partial charge in [0, 0.05) is 26.2 Å². The molecule has 1 aliphatic rings. The van der Waals surface area contributed by atoms with Gasteiger partial charge in [0.05, 0.1) is 6.61 Å². The molecule has 3 rings (SSSR count). The Labute approximate surface area is 185 Å². The Balaban J connectivity index is 1.58. The molecule has 0 aliphatic carbocycles. The molecule has 0 bridgehead atoms. The van der Waals surface area contributed by atoms with Crippen LogP contribution in [0.25, 0.3) is 0 Å². The molecule has 5 nitrogen and oxygen atoms in total. The fourth-order valence-electron chi connectivity index (χ4n) is 3.77. The molecule has 31 heavy (non-hydrogen) atoms. The number of likely N-dealkylation sites (tertiary alicyclic amines) is 1. The van der Waals surface area contributed by atoms with Crippen LogP contribution in [0.1, 0.15) is 31.4 Å². The lowest BCUT2D eigenvalue weighted by Crippen LogP contribution is -2.42. The molecule has 1 saturated heterocycles. The van der Waals surface area contributed by atoms with E-state index in [2.05, 4.69) is 31.1 Å². The van der Waals surface area contributed by atoms with Crippen LogP contribution in [0.4, 0.5) is 9.18 Å². The van der Waals surface area contributed by atoms with E-state index in [0.717, 1.165) is 36.4 Å². The van der Waals surface area contributed by atoms with Crippen LogP contribution in [0.2, 0.25) is 0 Å². The third-order valence-electron chi connectivity index (χ3n) is 5.49. The van der Waals surface area contributed by atoms with Crippen molar-refractivity contribution in [2.24, 2.45) is 11.8 Å². The minimum Gasteiger partial charge on any atom is -0.493 e. The maximum Gasteiger partial charge on any atom is 0.317 e. The largest absolute Gasteiger partial charge is 0.493 e. The van der Waals surface area contributed by atoms with Crippen LogP contribution in [0.3, 0.4) is 0 Å². The first-order valence-electron chi connectivity index (χ1n) is 11.1. The summed E-state index contributed by atoms with van der Waals surface area (Å²) in [6.07, 6.45) is 1.08. The molecule has 1 N–H and O–H groups in total. The van der Waals surface area contributed by atoms with E-state index in [9.17, 15) is 9.18 Å². The van der Waals surface area contributed by atoms with Crippen LogP contribution < -0.4 is 10.1 Å². The summed E-state index contributed by atoms with van der Waals surface area (Å²) < 4.78 is 19.0. The molecule has 0 saturated carbocycles. The van der Waals surface area contributed by atoms with Gasteiger partial charge in [-0.15, -0.1) is 0 Å². The predicted octanol–water partition coefficient (Wildman–Crippen LogP) is 4.52. The first-order valence-corrected chi connectivity index (χ1v) is 11.1. The number of hydrogen-bond acceptors (Lipinski definition) is 3. The molecular formula is C25H34FN3O2. The Kier molecular flexibility index (Phi) is 8.29.